The molecular formula is C26H21ClN2O7S. The molecule has 3 aromatic carbocycles. The summed E-state index contributed by atoms with van der Waals surface area (Å²) in [5.41, 5.74) is 1.84. The van der Waals surface area contributed by atoms with Crippen molar-refractivity contribution in [3.8, 4) is 11.5 Å². The van der Waals surface area contributed by atoms with E-state index >= 15 is 0 Å². The number of carbonyl (C=O) groups excluding carboxylic acids is 3. The lowest BCUT2D eigenvalue weighted by molar-refractivity contribution is -0.122. The second-order valence-corrected chi connectivity index (χ2v) is 10.1. The maximum absolute atomic E-state index is 13.1. The summed E-state index contributed by atoms with van der Waals surface area (Å²) < 4.78 is 35.9. The Hall–Kier alpha value is -4.15. The molecule has 0 atom stereocenters. The Kier molecular flexibility index (Phi) is 7.06. The molecule has 37 heavy (non-hydrogen) atoms. The Morgan fingerprint density at radius 3 is 2.27 bits per heavy atom. The van der Waals surface area contributed by atoms with Crippen molar-refractivity contribution in [1.29, 1.82) is 0 Å². The summed E-state index contributed by atoms with van der Waals surface area (Å²) in [5, 5.41) is 2.48. The number of ether oxygens (including phenoxy) is 1. The van der Waals surface area contributed by atoms with Crippen LogP contribution in [0.1, 0.15) is 16.7 Å². The summed E-state index contributed by atoms with van der Waals surface area (Å²) in [6, 6.07) is 14.1. The summed E-state index contributed by atoms with van der Waals surface area (Å²) in [7, 11) is -2.82. The summed E-state index contributed by atoms with van der Waals surface area (Å²) in [6.45, 7) is 3.60. The van der Waals surface area contributed by atoms with Crippen molar-refractivity contribution in [2.45, 2.75) is 18.7 Å². The lowest BCUT2D eigenvalue weighted by Crippen LogP contribution is -2.54. The van der Waals surface area contributed by atoms with Gasteiger partial charge in [0.05, 0.1) is 12.8 Å². The lowest BCUT2D eigenvalue weighted by atomic mass is 10.1. The van der Waals surface area contributed by atoms with Gasteiger partial charge < -0.3 is 8.92 Å². The third-order valence-electron chi connectivity index (χ3n) is 5.52. The fourth-order valence-corrected chi connectivity index (χ4v) is 4.61. The first kappa shape index (κ1) is 25.9. The number of barbiturate groups is 1. The second kappa shape index (κ2) is 10.1. The van der Waals surface area contributed by atoms with Crippen LogP contribution in [0.15, 0.2) is 71.1 Å². The Morgan fingerprint density at radius 1 is 0.919 bits per heavy atom. The number of rotatable bonds is 6. The van der Waals surface area contributed by atoms with Gasteiger partial charge in [0.2, 0.25) is 0 Å². The van der Waals surface area contributed by atoms with Gasteiger partial charge in [-0.15, -0.1) is 0 Å². The van der Waals surface area contributed by atoms with Crippen LogP contribution in [0.5, 0.6) is 11.5 Å². The average Bonchev–Trinajstić information content (AvgIpc) is 2.84. The molecule has 190 valence electrons. The number of hydrogen-bond acceptors (Lipinski definition) is 7. The molecule has 0 unspecified atom stereocenters. The number of carbonyl (C=O) groups is 3. The van der Waals surface area contributed by atoms with Crippen molar-refractivity contribution in [3.05, 3.63) is 87.9 Å². The van der Waals surface area contributed by atoms with E-state index in [1.807, 2.05) is 6.92 Å². The first-order chi connectivity index (χ1) is 17.5. The zero-order chi connectivity index (χ0) is 26.9. The van der Waals surface area contributed by atoms with Gasteiger partial charge in [-0.2, -0.15) is 8.42 Å². The maximum Gasteiger partial charge on any atom is 0.339 e. The SMILES string of the molecule is COc1cc(/C=C2\C(=O)NC(=O)N(c3ccc(C)c(Cl)c3)C2=O)ccc1OS(=O)(=O)c1ccc(C)cc1. The molecule has 1 aliphatic rings. The second-order valence-electron chi connectivity index (χ2n) is 8.15. The van der Waals surface area contributed by atoms with Gasteiger partial charge in [0.25, 0.3) is 11.8 Å². The van der Waals surface area contributed by atoms with Crippen LogP contribution in [0.3, 0.4) is 0 Å². The Bertz CT molecular complexity index is 1560. The number of halogens is 1. The van der Waals surface area contributed by atoms with E-state index < -0.39 is 28.0 Å². The Labute approximate surface area is 218 Å². The highest BCUT2D eigenvalue weighted by Gasteiger charge is 2.37. The van der Waals surface area contributed by atoms with E-state index in [-0.39, 0.29) is 27.7 Å². The summed E-state index contributed by atoms with van der Waals surface area (Å²) in [5.74, 6) is -1.77. The number of anilines is 1. The molecule has 9 nitrogen and oxygen atoms in total. The van der Waals surface area contributed by atoms with Crippen LogP contribution in [0.2, 0.25) is 5.02 Å². The average molecular weight is 541 g/mol. The number of nitrogens with zero attached hydrogens (tertiary/aromatic N) is 1. The Morgan fingerprint density at radius 2 is 1.62 bits per heavy atom. The standard InChI is InChI=1S/C26H21ClN2O7S/c1-15-4-9-19(10-5-15)37(33,34)36-22-11-7-17(13-23(22)35-3)12-20-24(30)28-26(32)29(25(20)31)18-8-6-16(2)21(27)14-18/h4-14H,1-3H3,(H,28,30,32)/b20-12+. The highest BCUT2D eigenvalue weighted by Crippen LogP contribution is 2.32. The fourth-order valence-electron chi connectivity index (χ4n) is 3.49. The number of urea groups is 1. The number of benzene rings is 3. The highest BCUT2D eigenvalue weighted by atomic mass is 35.5. The van der Waals surface area contributed by atoms with E-state index in [1.54, 1.807) is 25.1 Å². The van der Waals surface area contributed by atoms with Crippen LogP contribution in [-0.4, -0.2) is 33.4 Å². The van der Waals surface area contributed by atoms with E-state index in [0.29, 0.717) is 10.6 Å². The summed E-state index contributed by atoms with van der Waals surface area (Å²) in [6.07, 6.45) is 1.26. The Balaban J connectivity index is 1.65. The van der Waals surface area contributed by atoms with E-state index in [2.05, 4.69) is 5.32 Å². The molecule has 0 saturated carbocycles. The molecule has 0 radical (unpaired) electrons. The highest BCUT2D eigenvalue weighted by molar-refractivity contribution is 7.87. The largest absolute Gasteiger partial charge is 0.493 e. The van der Waals surface area contributed by atoms with E-state index in [0.717, 1.165) is 16.0 Å². The predicted molar refractivity (Wildman–Crippen MR) is 137 cm³/mol. The molecule has 11 heteroatoms. The number of imide groups is 2. The minimum absolute atomic E-state index is 0.0308. The van der Waals surface area contributed by atoms with Crippen molar-refractivity contribution in [2.24, 2.45) is 0 Å². The van der Waals surface area contributed by atoms with Crippen LogP contribution in [-0.2, 0) is 19.7 Å². The molecule has 1 fully saturated rings. The number of nitrogens with one attached hydrogen (secondary N) is 1. The lowest BCUT2D eigenvalue weighted by Gasteiger charge is -2.26. The number of amides is 4. The molecule has 4 rings (SSSR count). The zero-order valence-electron chi connectivity index (χ0n) is 19.9. The predicted octanol–water partition coefficient (Wildman–Crippen LogP) is 4.40. The van der Waals surface area contributed by atoms with Crippen LogP contribution < -0.4 is 19.1 Å². The molecule has 0 spiro atoms. The third kappa shape index (κ3) is 5.35. The third-order valence-corrected chi connectivity index (χ3v) is 7.18. The maximum atomic E-state index is 13.1. The van der Waals surface area contributed by atoms with Crippen LogP contribution in [0.25, 0.3) is 6.08 Å². The molecule has 0 aromatic heterocycles. The first-order valence-corrected chi connectivity index (χ1v) is 12.7. The minimum atomic E-state index is -4.14. The van der Waals surface area contributed by atoms with Gasteiger partial charge in [0, 0.05) is 5.02 Å². The summed E-state index contributed by atoms with van der Waals surface area (Å²) >= 11 is 6.14. The quantitative estimate of drug-likeness (QED) is 0.279. The molecule has 0 bridgehead atoms. The number of methoxy groups -OCH3 is 1. The van der Waals surface area contributed by atoms with Gasteiger partial charge in [0.15, 0.2) is 11.5 Å². The molecule has 1 aliphatic heterocycles. The van der Waals surface area contributed by atoms with Gasteiger partial charge in [-0.25, -0.2) is 9.69 Å². The van der Waals surface area contributed by atoms with Gasteiger partial charge in [-0.3, -0.25) is 14.9 Å². The van der Waals surface area contributed by atoms with E-state index in [4.69, 9.17) is 20.5 Å². The van der Waals surface area contributed by atoms with Crippen molar-refractivity contribution in [3.63, 3.8) is 0 Å². The molecule has 1 N–H and O–H groups in total. The van der Waals surface area contributed by atoms with Gasteiger partial charge in [-0.1, -0.05) is 41.4 Å². The molecule has 1 saturated heterocycles. The number of aryl methyl sites for hydroxylation is 2. The minimum Gasteiger partial charge on any atom is -0.493 e. The van der Waals surface area contributed by atoms with Crippen LogP contribution >= 0.6 is 11.6 Å². The van der Waals surface area contributed by atoms with Gasteiger partial charge >= 0.3 is 16.1 Å². The van der Waals surface area contributed by atoms with Crippen LogP contribution in [0, 0.1) is 13.8 Å². The van der Waals surface area contributed by atoms with Gasteiger partial charge in [0.1, 0.15) is 10.5 Å². The van der Waals surface area contributed by atoms with Crippen LogP contribution in [0.4, 0.5) is 10.5 Å². The fraction of sp³-hybridized carbons (Fsp3) is 0.115. The topological polar surface area (TPSA) is 119 Å². The monoisotopic (exact) mass is 540 g/mol. The van der Waals surface area contributed by atoms with Gasteiger partial charge in [-0.05, 0) is 67.4 Å². The van der Waals surface area contributed by atoms with Crippen molar-refractivity contribution >= 4 is 51.3 Å². The zero-order valence-corrected chi connectivity index (χ0v) is 21.5. The summed E-state index contributed by atoms with van der Waals surface area (Å²) in [4.78, 5) is 38.8. The molecular weight excluding hydrogens is 520 g/mol. The molecule has 3 aromatic rings. The van der Waals surface area contributed by atoms with E-state index in [1.165, 1.54) is 55.7 Å². The van der Waals surface area contributed by atoms with Crippen molar-refractivity contribution in [2.75, 3.05) is 12.0 Å². The molecule has 0 aliphatic carbocycles. The molecule has 4 amide bonds. The van der Waals surface area contributed by atoms with Crippen molar-refractivity contribution < 1.29 is 31.7 Å². The van der Waals surface area contributed by atoms with Crippen molar-refractivity contribution in [1.82, 2.24) is 5.32 Å². The normalized spacial score (nSPS) is 15.1. The smallest absolute Gasteiger partial charge is 0.339 e. The first-order valence-electron chi connectivity index (χ1n) is 10.9. The number of hydrogen-bond donors (Lipinski definition) is 1. The van der Waals surface area contributed by atoms with E-state index in [9.17, 15) is 22.8 Å². The molecule has 1 heterocycles.